The molecular formula is C23H34N6O2S. The molecule has 9 heteroatoms. The van der Waals surface area contributed by atoms with Gasteiger partial charge in [-0.05, 0) is 50.9 Å². The number of aryl methyl sites for hydroxylation is 1. The first-order valence-electron chi connectivity index (χ1n) is 11.5. The number of benzene rings is 1. The first kappa shape index (κ1) is 22.9. The van der Waals surface area contributed by atoms with Gasteiger partial charge in [0, 0.05) is 44.8 Å². The average Bonchev–Trinajstić information content (AvgIpc) is 3.26. The van der Waals surface area contributed by atoms with Crippen LogP contribution in [0.2, 0.25) is 0 Å². The van der Waals surface area contributed by atoms with E-state index in [0.717, 1.165) is 81.3 Å². The summed E-state index contributed by atoms with van der Waals surface area (Å²) >= 11 is 0. The average molecular weight is 459 g/mol. The molecule has 0 atom stereocenters. The highest BCUT2D eigenvalue weighted by Gasteiger charge is 2.22. The van der Waals surface area contributed by atoms with Crippen molar-refractivity contribution in [3.05, 3.63) is 41.7 Å². The van der Waals surface area contributed by atoms with E-state index in [1.807, 2.05) is 25.1 Å². The van der Waals surface area contributed by atoms with Crippen LogP contribution in [0.25, 0.3) is 0 Å². The molecule has 2 N–H and O–H groups in total. The fraction of sp³-hybridized carbons (Fsp3) is 0.565. The second-order valence-corrected chi connectivity index (χ2v) is 10.6. The number of likely N-dealkylation sites (N-methyl/N-ethyl adjacent to an activating group) is 1. The Morgan fingerprint density at radius 3 is 2.41 bits per heavy atom. The number of sulfonamides is 1. The normalized spacial score (nSPS) is 18.2. The van der Waals surface area contributed by atoms with Gasteiger partial charge in [-0.1, -0.05) is 25.0 Å². The minimum atomic E-state index is -3.44. The number of rotatable bonds is 8. The van der Waals surface area contributed by atoms with Gasteiger partial charge in [-0.3, -0.25) is 0 Å². The van der Waals surface area contributed by atoms with Crippen LogP contribution in [0.15, 0.2) is 35.2 Å². The largest absolute Gasteiger partial charge is 0.370 e. The third-order valence-electron chi connectivity index (χ3n) is 6.28. The van der Waals surface area contributed by atoms with E-state index in [2.05, 4.69) is 36.9 Å². The van der Waals surface area contributed by atoms with Crippen LogP contribution in [-0.2, 0) is 16.4 Å². The number of nitrogens with one attached hydrogen (secondary N) is 2. The van der Waals surface area contributed by atoms with Crippen LogP contribution in [0.5, 0.6) is 0 Å². The summed E-state index contributed by atoms with van der Waals surface area (Å²) in [6, 6.07) is 9.29. The van der Waals surface area contributed by atoms with Crippen LogP contribution in [0, 0.1) is 6.92 Å². The smallest absolute Gasteiger partial charge is 0.240 e. The molecule has 174 valence electrons. The number of hydrogen-bond donors (Lipinski definition) is 2. The monoisotopic (exact) mass is 458 g/mol. The van der Waals surface area contributed by atoms with E-state index >= 15 is 0 Å². The summed E-state index contributed by atoms with van der Waals surface area (Å²) < 4.78 is 28.0. The van der Waals surface area contributed by atoms with Crippen molar-refractivity contribution in [1.29, 1.82) is 0 Å². The molecule has 1 aromatic carbocycles. The van der Waals surface area contributed by atoms with Gasteiger partial charge in [-0.15, -0.1) is 0 Å². The maximum absolute atomic E-state index is 12.6. The first-order chi connectivity index (χ1) is 15.4. The molecule has 0 amide bonds. The molecule has 0 bridgehead atoms. The maximum atomic E-state index is 12.6. The Hall–Kier alpha value is -2.23. The molecule has 2 fully saturated rings. The lowest BCUT2D eigenvalue weighted by Gasteiger charge is -2.33. The summed E-state index contributed by atoms with van der Waals surface area (Å²) in [7, 11) is -1.30. The second-order valence-electron chi connectivity index (χ2n) is 8.87. The summed E-state index contributed by atoms with van der Waals surface area (Å²) in [4.78, 5) is 14.1. The Morgan fingerprint density at radius 1 is 1.03 bits per heavy atom. The highest BCUT2D eigenvalue weighted by molar-refractivity contribution is 7.89. The fourth-order valence-electron chi connectivity index (χ4n) is 4.34. The van der Waals surface area contributed by atoms with E-state index in [4.69, 9.17) is 0 Å². The predicted octanol–water partition coefficient (Wildman–Crippen LogP) is 2.41. The zero-order valence-electron chi connectivity index (χ0n) is 19.0. The van der Waals surface area contributed by atoms with Crippen molar-refractivity contribution in [2.24, 2.45) is 0 Å². The van der Waals surface area contributed by atoms with Crippen LogP contribution in [0.1, 0.15) is 37.1 Å². The standard InChI is InChI=1S/C23H34N6O2S/c1-18-25-22(17-23(26-18)29-15-13-28(2)14-16-29)24-12-11-19-7-9-21(10-8-19)32(30,31)27-20-5-3-4-6-20/h7-10,17,20,27H,3-6,11-16H2,1-2H3,(H,24,25,26). The number of piperazine rings is 1. The van der Waals surface area contributed by atoms with Crippen molar-refractivity contribution in [2.45, 2.75) is 50.0 Å². The molecule has 1 aliphatic heterocycles. The third kappa shape index (κ3) is 5.96. The van der Waals surface area contributed by atoms with E-state index in [0.29, 0.717) is 11.4 Å². The summed E-state index contributed by atoms with van der Waals surface area (Å²) in [6.45, 7) is 6.64. The van der Waals surface area contributed by atoms with E-state index < -0.39 is 10.0 Å². The van der Waals surface area contributed by atoms with Crippen molar-refractivity contribution in [3.63, 3.8) is 0 Å². The molecule has 2 aliphatic rings. The molecule has 0 spiro atoms. The van der Waals surface area contributed by atoms with Gasteiger partial charge in [-0.2, -0.15) is 0 Å². The molecule has 32 heavy (non-hydrogen) atoms. The molecule has 8 nitrogen and oxygen atoms in total. The van der Waals surface area contributed by atoms with Crippen molar-refractivity contribution >= 4 is 21.7 Å². The van der Waals surface area contributed by atoms with Gasteiger partial charge < -0.3 is 15.1 Å². The minimum absolute atomic E-state index is 0.0796. The summed E-state index contributed by atoms with van der Waals surface area (Å²) in [5, 5.41) is 3.40. The van der Waals surface area contributed by atoms with Gasteiger partial charge >= 0.3 is 0 Å². The Balaban J connectivity index is 1.31. The molecule has 1 aliphatic carbocycles. The molecule has 0 unspecified atom stereocenters. The topological polar surface area (TPSA) is 90.5 Å². The van der Waals surface area contributed by atoms with Crippen LogP contribution in [0.3, 0.4) is 0 Å². The van der Waals surface area contributed by atoms with Crippen molar-refractivity contribution in [1.82, 2.24) is 19.6 Å². The predicted molar refractivity (Wildman–Crippen MR) is 128 cm³/mol. The summed E-state index contributed by atoms with van der Waals surface area (Å²) in [6.07, 6.45) is 4.84. The fourth-order valence-corrected chi connectivity index (χ4v) is 5.65. The highest BCUT2D eigenvalue weighted by Crippen LogP contribution is 2.21. The Kier molecular flexibility index (Phi) is 7.27. The lowest BCUT2D eigenvalue weighted by atomic mass is 10.1. The summed E-state index contributed by atoms with van der Waals surface area (Å²) in [5.41, 5.74) is 1.09. The molecule has 2 aromatic rings. The van der Waals surface area contributed by atoms with Crippen molar-refractivity contribution in [3.8, 4) is 0 Å². The summed E-state index contributed by atoms with van der Waals surface area (Å²) in [5.74, 6) is 2.55. The second kappa shape index (κ2) is 10.1. The highest BCUT2D eigenvalue weighted by atomic mass is 32.2. The van der Waals surface area contributed by atoms with Crippen molar-refractivity contribution < 1.29 is 8.42 Å². The Labute approximate surface area is 191 Å². The molecule has 1 aromatic heterocycles. The van der Waals surface area contributed by atoms with Crippen LogP contribution in [0.4, 0.5) is 11.6 Å². The van der Waals surface area contributed by atoms with E-state index in [1.165, 1.54) is 0 Å². The first-order valence-corrected chi connectivity index (χ1v) is 13.0. The molecule has 0 radical (unpaired) electrons. The zero-order chi connectivity index (χ0) is 22.6. The van der Waals surface area contributed by atoms with Crippen LogP contribution < -0.4 is 14.9 Å². The van der Waals surface area contributed by atoms with Gasteiger partial charge in [0.25, 0.3) is 0 Å². The minimum Gasteiger partial charge on any atom is -0.370 e. The quantitative estimate of drug-likeness (QED) is 0.628. The SMILES string of the molecule is Cc1nc(NCCc2ccc(S(=O)(=O)NC3CCCC3)cc2)cc(N2CCN(C)CC2)n1. The van der Waals surface area contributed by atoms with E-state index in [9.17, 15) is 8.42 Å². The van der Waals surface area contributed by atoms with Gasteiger partial charge in [0.15, 0.2) is 0 Å². The van der Waals surface area contributed by atoms with E-state index in [1.54, 1.807) is 12.1 Å². The lowest BCUT2D eigenvalue weighted by molar-refractivity contribution is 0.312. The molecule has 4 rings (SSSR count). The number of hydrogen-bond acceptors (Lipinski definition) is 7. The van der Waals surface area contributed by atoms with E-state index in [-0.39, 0.29) is 6.04 Å². The molecule has 1 saturated carbocycles. The third-order valence-corrected chi connectivity index (χ3v) is 7.82. The molecular weight excluding hydrogens is 424 g/mol. The Morgan fingerprint density at radius 2 is 1.72 bits per heavy atom. The van der Waals surface area contributed by atoms with Crippen molar-refractivity contribution in [2.75, 3.05) is 50.0 Å². The maximum Gasteiger partial charge on any atom is 0.240 e. The number of anilines is 2. The zero-order valence-corrected chi connectivity index (χ0v) is 19.9. The van der Waals surface area contributed by atoms with Crippen LogP contribution >= 0.6 is 0 Å². The number of nitrogens with zero attached hydrogens (tertiary/aromatic N) is 4. The van der Waals surface area contributed by atoms with Gasteiger partial charge in [0.1, 0.15) is 17.5 Å². The lowest BCUT2D eigenvalue weighted by Crippen LogP contribution is -2.44. The van der Waals surface area contributed by atoms with Gasteiger partial charge in [0.2, 0.25) is 10.0 Å². The van der Waals surface area contributed by atoms with Gasteiger partial charge in [-0.25, -0.2) is 23.1 Å². The van der Waals surface area contributed by atoms with Crippen LogP contribution in [-0.4, -0.2) is 69.1 Å². The number of aromatic nitrogens is 2. The van der Waals surface area contributed by atoms with Gasteiger partial charge in [0.05, 0.1) is 4.90 Å². The Bertz CT molecular complexity index is 998. The molecule has 1 saturated heterocycles. The molecule has 2 heterocycles.